The van der Waals surface area contributed by atoms with Crippen LogP contribution in [0.15, 0.2) is 15.8 Å². The van der Waals surface area contributed by atoms with Gasteiger partial charge in [-0.05, 0) is 6.92 Å². The molecule has 0 aromatic carbocycles. The van der Waals surface area contributed by atoms with E-state index in [1.807, 2.05) is 4.98 Å². The van der Waals surface area contributed by atoms with Crippen molar-refractivity contribution < 1.29 is 72.8 Å². The maximum atomic E-state index is 12.2. The van der Waals surface area contributed by atoms with E-state index >= 15 is 0 Å². The molecule has 0 amide bonds. The quantitative estimate of drug-likeness (QED) is 0.0840. The minimum absolute atomic E-state index is 0.161. The molecule has 1 aliphatic heterocycles. The summed E-state index contributed by atoms with van der Waals surface area (Å²) in [5.41, 5.74) is -1.32. The fourth-order valence-electron chi connectivity index (χ4n) is 4.41. The summed E-state index contributed by atoms with van der Waals surface area (Å²) in [5, 5.41) is 69.3. The fraction of sp³-hybridized carbons (Fsp3) is 0.778. The zero-order chi connectivity index (χ0) is 29.4. The first kappa shape index (κ1) is 32.1. The van der Waals surface area contributed by atoms with Crippen LogP contribution in [0.2, 0.25) is 0 Å². The summed E-state index contributed by atoms with van der Waals surface area (Å²) in [6.45, 7) is -0.430. The van der Waals surface area contributed by atoms with Gasteiger partial charge < -0.3 is 50.3 Å². The van der Waals surface area contributed by atoms with Crippen LogP contribution in [0.3, 0.4) is 0 Å². The van der Waals surface area contributed by atoms with Gasteiger partial charge in [0.25, 0.3) is 5.56 Å². The molecule has 1 aromatic heterocycles. The predicted molar refractivity (Wildman–Crippen MR) is 122 cm³/mol. The number of rotatable bonds is 11. The van der Waals surface area contributed by atoms with Crippen LogP contribution in [0.5, 0.6) is 0 Å². The van der Waals surface area contributed by atoms with Gasteiger partial charge in [-0.3, -0.25) is 23.4 Å². The lowest BCUT2D eigenvalue weighted by Gasteiger charge is -2.27. The number of phosphoric ester groups is 2. The van der Waals surface area contributed by atoms with Crippen molar-refractivity contribution in [3.63, 3.8) is 0 Å². The van der Waals surface area contributed by atoms with Crippen molar-refractivity contribution in [1.29, 1.82) is 0 Å². The largest absolute Gasteiger partial charge is 0.483 e. The Balaban J connectivity index is 1.60. The lowest BCUT2D eigenvalue weighted by atomic mass is 9.95. The fourth-order valence-corrected chi connectivity index (χ4v) is 6.55. The number of H-pyrrole nitrogens is 1. The van der Waals surface area contributed by atoms with Crippen molar-refractivity contribution in [2.75, 3.05) is 13.2 Å². The molecule has 0 radical (unpaired) electrons. The van der Waals surface area contributed by atoms with E-state index in [2.05, 4.69) is 13.4 Å². The third kappa shape index (κ3) is 7.28. The average Bonchev–Trinajstić information content (AvgIpc) is 3.29. The Bertz CT molecular complexity index is 1220. The highest BCUT2D eigenvalue weighted by atomic mass is 31.3. The molecule has 21 heteroatoms. The molecule has 19 nitrogen and oxygen atoms in total. The lowest BCUT2D eigenvalue weighted by molar-refractivity contribution is -0.136. The molecule has 10 N–H and O–H groups in total. The second-order valence-corrected chi connectivity index (χ2v) is 12.1. The molecule has 12 atom stereocenters. The van der Waals surface area contributed by atoms with E-state index in [4.69, 9.17) is 9.84 Å². The Morgan fingerprint density at radius 3 is 2.31 bits per heavy atom. The molecule has 2 fully saturated rings. The maximum Gasteiger partial charge on any atom is 0.483 e. The van der Waals surface area contributed by atoms with Gasteiger partial charge in [0.15, 0.2) is 6.29 Å². The van der Waals surface area contributed by atoms with Gasteiger partial charge in [0.1, 0.15) is 12.3 Å². The number of nitrogens with zero attached hydrogens (tertiary/aromatic N) is 1. The number of aromatic amines is 1. The number of hydrogen-bond donors (Lipinski definition) is 10. The van der Waals surface area contributed by atoms with Crippen LogP contribution >= 0.6 is 15.6 Å². The van der Waals surface area contributed by atoms with Gasteiger partial charge in [0.2, 0.25) is 0 Å². The molecule has 39 heavy (non-hydrogen) atoms. The molecule has 2 aliphatic rings. The highest BCUT2D eigenvalue weighted by molar-refractivity contribution is 7.61. The molecular formula is C18H30N2O17P2. The summed E-state index contributed by atoms with van der Waals surface area (Å²) in [7, 11) is -11.2. The van der Waals surface area contributed by atoms with Crippen LogP contribution in [-0.2, 0) is 27.2 Å². The number of ether oxygens (including phenoxy) is 1. The number of aromatic nitrogens is 2. The first-order valence-electron chi connectivity index (χ1n) is 11.3. The SMILES string of the molecule is Cc1cn(C2C[C@H](O)[C@@H](COP(=O)(O)OP(=O)(O)OC(O)C3C(O)C(O)C([C@@H](O)CO)C3O)O2)c(=O)[nH]c1=O. The number of aliphatic hydroxyl groups is 7. The van der Waals surface area contributed by atoms with Gasteiger partial charge in [-0.1, -0.05) is 0 Å². The van der Waals surface area contributed by atoms with Gasteiger partial charge in [-0.2, -0.15) is 4.31 Å². The molecule has 1 saturated carbocycles. The minimum atomic E-state index is -5.69. The van der Waals surface area contributed by atoms with E-state index in [1.54, 1.807) is 0 Å². The number of phosphoric acid groups is 2. The van der Waals surface area contributed by atoms with Crippen molar-refractivity contribution in [1.82, 2.24) is 9.55 Å². The van der Waals surface area contributed by atoms with Gasteiger partial charge in [0, 0.05) is 24.1 Å². The van der Waals surface area contributed by atoms with E-state index in [0.717, 1.165) is 4.57 Å². The number of nitrogens with one attached hydrogen (secondary N) is 1. The molecule has 1 aliphatic carbocycles. The molecule has 224 valence electrons. The highest BCUT2D eigenvalue weighted by Crippen LogP contribution is 2.61. The number of aryl methyl sites for hydroxylation is 1. The summed E-state index contributed by atoms with van der Waals surface area (Å²) < 4.78 is 43.8. The maximum absolute atomic E-state index is 12.2. The molecular weight excluding hydrogens is 578 g/mol. The summed E-state index contributed by atoms with van der Waals surface area (Å²) in [6, 6.07) is 0. The Kier molecular flexibility index (Phi) is 10.1. The zero-order valence-electron chi connectivity index (χ0n) is 20.1. The van der Waals surface area contributed by atoms with Crippen LogP contribution in [0, 0.1) is 18.8 Å². The smallest absolute Gasteiger partial charge is 0.394 e. The second kappa shape index (κ2) is 12.2. The van der Waals surface area contributed by atoms with E-state index in [0.29, 0.717) is 0 Å². The lowest BCUT2D eigenvalue weighted by Crippen LogP contribution is -2.40. The summed E-state index contributed by atoms with van der Waals surface area (Å²) >= 11 is 0. The Morgan fingerprint density at radius 2 is 1.69 bits per heavy atom. The molecule has 1 aromatic rings. The summed E-state index contributed by atoms with van der Waals surface area (Å²) in [4.78, 5) is 45.3. The Labute approximate surface area is 218 Å². The van der Waals surface area contributed by atoms with Gasteiger partial charge in [-0.15, -0.1) is 0 Å². The topological polar surface area (TPSA) is 308 Å². The van der Waals surface area contributed by atoms with Crippen LogP contribution in [0.1, 0.15) is 18.2 Å². The average molecular weight is 608 g/mol. The first-order valence-corrected chi connectivity index (χ1v) is 14.3. The van der Waals surface area contributed by atoms with Crippen LogP contribution in [0.25, 0.3) is 0 Å². The zero-order valence-corrected chi connectivity index (χ0v) is 21.9. The third-order valence-corrected chi connectivity index (χ3v) is 9.01. The van der Waals surface area contributed by atoms with Crippen molar-refractivity contribution >= 4 is 15.6 Å². The molecule has 0 bridgehead atoms. The van der Waals surface area contributed by atoms with Crippen molar-refractivity contribution in [3.05, 3.63) is 32.6 Å². The minimum Gasteiger partial charge on any atom is -0.394 e. The molecule has 0 spiro atoms. The summed E-state index contributed by atoms with van der Waals surface area (Å²) in [6.07, 6.45) is -13.0. The predicted octanol–water partition coefficient (Wildman–Crippen LogP) is -4.26. The monoisotopic (exact) mass is 608 g/mol. The number of aliphatic hydroxyl groups excluding tert-OH is 7. The van der Waals surface area contributed by atoms with E-state index in [1.165, 1.54) is 13.1 Å². The summed E-state index contributed by atoms with van der Waals surface area (Å²) in [5.74, 6) is -3.51. The van der Waals surface area contributed by atoms with Crippen LogP contribution in [-0.4, -0.2) is 111 Å². The Hall–Kier alpha value is -1.38. The van der Waals surface area contributed by atoms with E-state index < -0.39 is 101 Å². The van der Waals surface area contributed by atoms with Crippen molar-refractivity contribution in [2.24, 2.45) is 11.8 Å². The van der Waals surface area contributed by atoms with Crippen molar-refractivity contribution in [2.45, 2.75) is 62.5 Å². The molecule has 1 saturated heterocycles. The first-order chi connectivity index (χ1) is 18.0. The highest BCUT2D eigenvalue weighted by Gasteiger charge is 2.55. The van der Waals surface area contributed by atoms with Gasteiger partial charge >= 0.3 is 21.3 Å². The van der Waals surface area contributed by atoms with Gasteiger partial charge in [0.05, 0.1) is 49.7 Å². The molecule has 3 rings (SSSR count). The van der Waals surface area contributed by atoms with E-state index in [-0.39, 0.29) is 12.0 Å². The normalized spacial score (nSPS) is 35.8. The second-order valence-electron chi connectivity index (χ2n) is 9.10. The van der Waals surface area contributed by atoms with Crippen molar-refractivity contribution in [3.8, 4) is 0 Å². The molecule has 9 unspecified atom stereocenters. The number of hydrogen-bond acceptors (Lipinski definition) is 15. The van der Waals surface area contributed by atoms with Crippen LogP contribution < -0.4 is 11.2 Å². The standard InChI is InChI=1S/C18H30N2O17P2/c1-6-3-20(18(29)19-16(6)27)10-2-7(22)9(35-10)5-34-38(30,31)37-39(32,33)36-17(28)12-13(24)11(8(23)4-21)14(25)15(12)26/h3,7-15,17,21-26,28H,2,4-5H2,1H3,(H,30,31)(H,32,33)(H,19,27,29)/t7-,8-,9+,10?,11?,12?,13?,14?,15?,17?/m0/s1. The Morgan fingerprint density at radius 1 is 1.08 bits per heavy atom. The van der Waals surface area contributed by atoms with Gasteiger partial charge in [-0.25, -0.2) is 13.9 Å². The molecule has 2 heterocycles. The van der Waals surface area contributed by atoms with Crippen LogP contribution in [0.4, 0.5) is 0 Å². The third-order valence-electron chi connectivity index (χ3n) is 6.40. The van der Waals surface area contributed by atoms with E-state index in [9.17, 15) is 59.1 Å².